The van der Waals surface area contributed by atoms with Gasteiger partial charge in [0.25, 0.3) is 0 Å². The van der Waals surface area contributed by atoms with E-state index in [2.05, 4.69) is 9.97 Å². The average Bonchev–Trinajstić information content (AvgIpc) is 2.65. The molecule has 0 aromatic carbocycles. The van der Waals surface area contributed by atoms with Gasteiger partial charge in [-0.3, -0.25) is 0 Å². The summed E-state index contributed by atoms with van der Waals surface area (Å²) >= 11 is 11.3. The van der Waals surface area contributed by atoms with E-state index in [4.69, 9.17) is 32.4 Å². The van der Waals surface area contributed by atoms with Crippen molar-refractivity contribution in [3.63, 3.8) is 0 Å². The van der Waals surface area contributed by atoms with Crippen molar-refractivity contribution in [1.82, 2.24) is 9.97 Å². The summed E-state index contributed by atoms with van der Waals surface area (Å²) in [5.41, 5.74) is 0. The van der Waals surface area contributed by atoms with Gasteiger partial charge in [-0.25, -0.2) is 4.98 Å². The molecule has 2 aromatic heterocycles. The Kier molecular flexibility index (Phi) is 3.08. The van der Waals surface area contributed by atoms with Crippen LogP contribution in [0.3, 0.4) is 0 Å². The van der Waals surface area contributed by atoms with Crippen LogP contribution in [0.25, 0.3) is 0 Å². The summed E-state index contributed by atoms with van der Waals surface area (Å²) in [5.74, 6) is 1.01. The van der Waals surface area contributed by atoms with E-state index < -0.39 is 0 Å². The van der Waals surface area contributed by atoms with E-state index in [0.717, 1.165) is 0 Å². The minimum Gasteiger partial charge on any atom is -0.469 e. The minimum atomic E-state index is 0.0527. The highest BCUT2D eigenvalue weighted by Crippen LogP contribution is 2.17. The lowest BCUT2D eigenvalue weighted by Crippen LogP contribution is -1.97. The molecule has 0 aliphatic carbocycles. The molecule has 2 aromatic rings. The van der Waals surface area contributed by atoms with E-state index in [1.807, 2.05) is 0 Å². The molecule has 0 aliphatic heterocycles. The summed E-state index contributed by atoms with van der Waals surface area (Å²) in [4.78, 5) is 7.54. The van der Waals surface area contributed by atoms with Crippen molar-refractivity contribution in [1.29, 1.82) is 0 Å². The van der Waals surface area contributed by atoms with Crippen molar-refractivity contribution in [2.24, 2.45) is 0 Å². The van der Waals surface area contributed by atoms with Gasteiger partial charge in [-0.05, 0) is 23.7 Å². The van der Waals surface area contributed by atoms with Crippen molar-refractivity contribution in [3.05, 3.63) is 40.7 Å². The lowest BCUT2D eigenvalue weighted by molar-refractivity contribution is 0.260. The standard InChI is InChI=1S/C9H6Cl2N2O2/c10-7-4-8(13-9(11)12-7)15-5-6-2-1-3-14-6/h1-4H,5H2. The van der Waals surface area contributed by atoms with Crippen LogP contribution < -0.4 is 4.74 Å². The number of hydrogen-bond acceptors (Lipinski definition) is 4. The van der Waals surface area contributed by atoms with Crippen molar-refractivity contribution in [3.8, 4) is 5.88 Å². The van der Waals surface area contributed by atoms with Crippen molar-refractivity contribution in [2.75, 3.05) is 0 Å². The van der Waals surface area contributed by atoms with Crippen LogP contribution in [0.15, 0.2) is 28.9 Å². The number of nitrogens with zero attached hydrogens (tertiary/aromatic N) is 2. The Labute approximate surface area is 95.8 Å². The normalized spacial score (nSPS) is 10.3. The van der Waals surface area contributed by atoms with Crippen LogP contribution in [0.4, 0.5) is 0 Å². The zero-order valence-electron chi connectivity index (χ0n) is 7.48. The number of rotatable bonds is 3. The van der Waals surface area contributed by atoms with E-state index in [0.29, 0.717) is 11.6 Å². The summed E-state index contributed by atoms with van der Waals surface area (Å²) < 4.78 is 10.4. The highest BCUT2D eigenvalue weighted by atomic mass is 35.5. The number of aromatic nitrogens is 2. The van der Waals surface area contributed by atoms with E-state index in [-0.39, 0.29) is 17.0 Å². The van der Waals surface area contributed by atoms with Gasteiger partial charge < -0.3 is 9.15 Å². The fourth-order valence-corrected chi connectivity index (χ4v) is 1.38. The molecule has 0 unspecified atom stereocenters. The van der Waals surface area contributed by atoms with Crippen LogP contribution in [-0.4, -0.2) is 9.97 Å². The maximum Gasteiger partial charge on any atom is 0.227 e. The Morgan fingerprint density at radius 1 is 1.33 bits per heavy atom. The topological polar surface area (TPSA) is 48.2 Å². The predicted octanol–water partition coefficient (Wildman–Crippen LogP) is 2.96. The fourth-order valence-electron chi connectivity index (χ4n) is 0.984. The van der Waals surface area contributed by atoms with E-state index >= 15 is 0 Å². The zero-order valence-corrected chi connectivity index (χ0v) is 9.00. The second-order valence-electron chi connectivity index (χ2n) is 2.67. The predicted molar refractivity (Wildman–Crippen MR) is 55.1 cm³/mol. The molecule has 2 heterocycles. The molecule has 0 fully saturated rings. The number of halogens is 2. The molecule has 0 radical (unpaired) electrons. The SMILES string of the molecule is Clc1cc(OCc2ccco2)nc(Cl)n1. The summed E-state index contributed by atoms with van der Waals surface area (Å²) in [5, 5.41) is 0.293. The quantitative estimate of drug-likeness (QED) is 0.616. The summed E-state index contributed by atoms with van der Waals surface area (Å²) in [6, 6.07) is 5.05. The van der Waals surface area contributed by atoms with Gasteiger partial charge in [-0.1, -0.05) is 11.6 Å². The first kappa shape index (κ1) is 10.3. The Bertz CT molecular complexity index is 425. The summed E-state index contributed by atoms with van der Waals surface area (Å²) in [6.07, 6.45) is 1.57. The van der Waals surface area contributed by atoms with Gasteiger partial charge in [-0.2, -0.15) is 4.98 Å². The van der Waals surface area contributed by atoms with Gasteiger partial charge in [0.2, 0.25) is 11.2 Å². The van der Waals surface area contributed by atoms with Crippen molar-refractivity contribution in [2.45, 2.75) is 6.61 Å². The first-order chi connectivity index (χ1) is 7.24. The highest BCUT2D eigenvalue weighted by molar-refractivity contribution is 6.31. The Balaban J connectivity index is 2.05. The monoisotopic (exact) mass is 244 g/mol. The molecule has 0 aliphatic rings. The van der Waals surface area contributed by atoms with Gasteiger partial charge in [0.15, 0.2) is 0 Å². The van der Waals surface area contributed by atoms with Crippen LogP contribution in [-0.2, 0) is 6.61 Å². The molecule has 0 saturated heterocycles. The third kappa shape index (κ3) is 2.84. The molecule has 2 rings (SSSR count). The third-order valence-corrected chi connectivity index (χ3v) is 1.95. The second-order valence-corrected chi connectivity index (χ2v) is 3.39. The van der Waals surface area contributed by atoms with Gasteiger partial charge in [0.1, 0.15) is 17.5 Å². The Morgan fingerprint density at radius 3 is 2.87 bits per heavy atom. The molecule has 78 valence electrons. The average molecular weight is 245 g/mol. The molecule has 0 N–H and O–H groups in total. The Hall–Kier alpha value is -1.26. The lowest BCUT2D eigenvalue weighted by Gasteiger charge is -2.03. The third-order valence-electron chi connectivity index (χ3n) is 1.59. The Morgan fingerprint density at radius 2 is 2.20 bits per heavy atom. The lowest BCUT2D eigenvalue weighted by atomic mass is 10.5. The molecule has 0 spiro atoms. The smallest absolute Gasteiger partial charge is 0.227 e. The minimum absolute atomic E-state index is 0.0527. The van der Waals surface area contributed by atoms with Crippen molar-refractivity contribution >= 4 is 23.2 Å². The highest BCUT2D eigenvalue weighted by Gasteiger charge is 2.03. The molecule has 0 amide bonds. The van der Waals surface area contributed by atoms with Crippen molar-refractivity contribution < 1.29 is 9.15 Å². The van der Waals surface area contributed by atoms with E-state index in [1.54, 1.807) is 18.4 Å². The number of ether oxygens (including phenoxy) is 1. The maximum atomic E-state index is 5.67. The number of furan rings is 1. The molecule has 4 nitrogen and oxygen atoms in total. The van der Waals surface area contributed by atoms with Crippen LogP contribution >= 0.6 is 23.2 Å². The molecule has 0 atom stereocenters. The van der Waals surface area contributed by atoms with E-state index in [1.165, 1.54) is 6.07 Å². The number of hydrogen-bond donors (Lipinski definition) is 0. The van der Waals surface area contributed by atoms with Gasteiger partial charge in [-0.15, -0.1) is 0 Å². The first-order valence-corrected chi connectivity index (χ1v) is 4.85. The summed E-state index contributed by atoms with van der Waals surface area (Å²) in [7, 11) is 0. The maximum absolute atomic E-state index is 5.67. The second kappa shape index (κ2) is 4.51. The van der Waals surface area contributed by atoms with Crippen LogP contribution in [0.1, 0.15) is 5.76 Å². The molecular formula is C9H6Cl2N2O2. The van der Waals surface area contributed by atoms with Crippen LogP contribution in [0.5, 0.6) is 5.88 Å². The molecule has 15 heavy (non-hydrogen) atoms. The zero-order chi connectivity index (χ0) is 10.7. The summed E-state index contributed by atoms with van der Waals surface area (Å²) in [6.45, 7) is 0.274. The first-order valence-electron chi connectivity index (χ1n) is 4.09. The molecule has 0 bridgehead atoms. The van der Waals surface area contributed by atoms with E-state index in [9.17, 15) is 0 Å². The van der Waals surface area contributed by atoms with Gasteiger partial charge in [0.05, 0.1) is 6.26 Å². The van der Waals surface area contributed by atoms with Crippen LogP contribution in [0.2, 0.25) is 10.4 Å². The molecular weight excluding hydrogens is 239 g/mol. The largest absolute Gasteiger partial charge is 0.469 e. The molecule has 0 saturated carbocycles. The van der Waals surface area contributed by atoms with Gasteiger partial charge in [0, 0.05) is 6.07 Å². The van der Waals surface area contributed by atoms with Gasteiger partial charge >= 0.3 is 0 Å². The fraction of sp³-hybridized carbons (Fsp3) is 0.111. The van der Waals surface area contributed by atoms with Crippen LogP contribution in [0, 0.1) is 0 Å². The molecule has 6 heteroatoms.